The van der Waals surface area contributed by atoms with E-state index in [1.54, 1.807) is 6.92 Å². The number of aryl methyl sites for hydroxylation is 1. The molecule has 1 saturated heterocycles. The van der Waals surface area contributed by atoms with E-state index in [-0.39, 0.29) is 17.9 Å². The van der Waals surface area contributed by atoms with Crippen molar-refractivity contribution in [2.75, 3.05) is 0 Å². The number of amides is 1. The SMILES string of the molecule is C[C@H](N[C@@H](CCc1ccccc1)C(=O)O)C(=O)N1C(C(=O)O)CC2CCCC21. The molecule has 28 heavy (non-hydrogen) atoms. The van der Waals surface area contributed by atoms with E-state index in [1.165, 1.54) is 4.90 Å². The Bertz CT molecular complexity index is 723. The van der Waals surface area contributed by atoms with Gasteiger partial charge in [-0.05, 0) is 50.5 Å². The summed E-state index contributed by atoms with van der Waals surface area (Å²) in [7, 11) is 0. The highest BCUT2D eigenvalue weighted by molar-refractivity contribution is 5.88. The van der Waals surface area contributed by atoms with Crippen LogP contribution in [0.5, 0.6) is 0 Å². The maximum absolute atomic E-state index is 13.0. The molecule has 3 rings (SSSR count). The molecule has 2 fully saturated rings. The smallest absolute Gasteiger partial charge is 0.326 e. The first-order chi connectivity index (χ1) is 13.4. The maximum Gasteiger partial charge on any atom is 0.326 e. The Balaban J connectivity index is 1.65. The van der Waals surface area contributed by atoms with Gasteiger partial charge in [-0.2, -0.15) is 0 Å². The Labute approximate surface area is 164 Å². The van der Waals surface area contributed by atoms with Crippen molar-refractivity contribution in [2.45, 2.75) is 69.6 Å². The summed E-state index contributed by atoms with van der Waals surface area (Å²) in [4.78, 5) is 37.9. The lowest BCUT2D eigenvalue weighted by Crippen LogP contribution is -2.55. The highest BCUT2D eigenvalue weighted by Gasteiger charge is 2.49. The van der Waals surface area contributed by atoms with Gasteiger partial charge in [-0.3, -0.25) is 14.9 Å². The number of aliphatic carboxylic acids is 2. The summed E-state index contributed by atoms with van der Waals surface area (Å²) in [5, 5.41) is 22.0. The van der Waals surface area contributed by atoms with E-state index < -0.39 is 30.1 Å². The van der Waals surface area contributed by atoms with E-state index in [1.807, 2.05) is 30.3 Å². The number of likely N-dealkylation sites (tertiary alicyclic amines) is 1. The van der Waals surface area contributed by atoms with Gasteiger partial charge in [0.05, 0.1) is 6.04 Å². The van der Waals surface area contributed by atoms with Crippen LogP contribution in [0.2, 0.25) is 0 Å². The largest absolute Gasteiger partial charge is 0.480 e. The number of benzene rings is 1. The van der Waals surface area contributed by atoms with Crippen molar-refractivity contribution >= 4 is 17.8 Å². The summed E-state index contributed by atoms with van der Waals surface area (Å²) >= 11 is 0. The van der Waals surface area contributed by atoms with Crippen LogP contribution < -0.4 is 5.32 Å². The van der Waals surface area contributed by atoms with Gasteiger partial charge in [0.1, 0.15) is 12.1 Å². The molecule has 3 N–H and O–H groups in total. The summed E-state index contributed by atoms with van der Waals surface area (Å²) in [6.07, 6.45) is 4.21. The van der Waals surface area contributed by atoms with Crippen LogP contribution in [-0.4, -0.2) is 57.1 Å². The molecule has 1 amide bonds. The fourth-order valence-corrected chi connectivity index (χ4v) is 4.66. The number of nitrogens with one attached hydrogen (secondary N) is 1. The highest BCUT2D eigenvalue weighted by Crippen LogP contribution is 2.41. The van der Waals surface area contributed by atoms with Crippen molar-refractivity contribution in [3.63, 3.8) is 0 Å². The number of carbonyl (C=O) groups excluding carboxylic acids is 1. The minimum atomic E-state index is -1.01. The van der Waals surface area contributed by atoms with E-state index in [9.17, 15) is 24.6 Å². The van der Waals surface area contributed by atoms with Crippen LogP contribution in [0, 0.1) is 5.92 Å². The topological polar surface area (TPSA) is 107 Å². The van der Waals surface area contributed by atoms with E-state index in [0.717, 1.165) is 24.8 Å². The van der Waals surface area contributed by atoms with E-state index in [4.69, 9.17) is 0 Å². The number of rotatable bonds is 8. The predicted molar refractivity (Wildman–Crippen MR) is 103 cm³/mol. The molecule has 7 heteroatoms. The van der Waals surface area contributed by atoms with Gasteiger partial charge in [0, 0.05) is 6.04 Å². The minimum absolute atomic E-state index is 0.0366. The van der Waals surface area contributed by atoms with Crippen LogP contribution in [0.1, 0.15) is 44.6 Å². The van der Waals surface area contributed by atoms with Gasteiger partial charge in [0.15, 0.2) is 0 Å². The summed E-state index contributed by atoms with van der Waals surface area (Å²) in [6, 6.07) is 7.13. The van der Waals surface area contributed by atoms with E-state index >= 15 is 0 Å². The zero-order chi connectivity index (χ0) is 20.3. The first-order valence-electron chi connectivity index (χ1n) is 9.96. The molecular formula is C21H28N2O5. The fourth-order valence-electron chi connectivity index (χ4n) is 4.66. The molecule has 1 saturated carbocycles. The Morgan fingerprint density at radius 1 is 1.18 bits per heavy atom. The molecule has 0 bridgehead atoms. The van der Waals surface area contributed by atoms with Gasteiger partial charge in [-0.1, -0.05) is 36.8 Å². The molecule has 1 heterocycles. The summed E-state index contributed by atoms with van der Waals surface area (Å²) in [5.74, 6) is -2.06. The van der Waals surface area contributed by atoms with Crippen molar-refractivity contribution in [2.24, 2.45) is 5.92 Å². The first kappa shape index (κ1) is 20.3. The van der Waals surface area contributed by atoms with Gasteiger partial charge in [0.25, 0.3) is 0 Å². The Kier molecular flexibility index (Phi) is 6.34. The van der Waals surface area contributed by atoms with Crippen molar-refractivity contribution in [1.82, 2.24) is 10.2 Å². The lowest BCUT2D eigenvalue weighted by molar-refractivity contribution is -0.151. The molecular weight excluding hydrogens is 360 g/mol. The number of fused-ring (bicyclic) bond motifs is 1. The average molecular weight is 388 g/mol. The minimum Gasteiger partial charge on any atom is -0.480 e. The first-order valence-corrected chi connectivity index (χ1v) is 9.96. The second kappa shape index (κ2) is 8.73. The Morgan fingerprint density at radius 3 is 2.54 bits per heavy atom. The van der Waals surface area contributed by atoms with Crippen LogP contribution >= 0.6 is 0 Å². The Morgan fingerprint density at radius 2 is 1.89 bits per heavy atom. The molecule has 0 radical (unpaired) electrons. The predicted octanol–water partition coefficient (Wildman–Crippen LogP) is 1.90. The van der Waals surface area contributed by atoms with Crippen molar-refractivity contribution < 1.29 is 24.6 Å². The normalized spacial score (nSPS) is 25.9. The van der Waals surface area contributed by atoms with Crippen LogP contribution in [0.4, 0.5) is 0 Å². The lowest BCUT2D eigenvalue weighted by Gasteiger charge is -2.31. The van der Waals surface area contributed by atoms with Crippen molar-refractivity contribution in [3.8, 4) is 0 Å². The standard InChI is InChI=1S/C21H28N2O5/c1-13(22-16(20(25)26)11-10-14-6-3-2-4-7-14)19(24)23-17-9-5-8-15(17)12-18(23)21(27)28/h2-4,6-7,13,15-18,22H,5,8-12H2,1H3,(H,25,26)(H,27,28)/t13-,15?,16-,17?,18?/m0/s1. The van der Waals surface area contributed by atoms with Gasteiger partial charge in [-0.15, -0.1) is 0 Å². The number of hydrogen-bond acceptors (Lipinski definition) is 4. The monoisotopic (exact) mass is 388 g/mol. The van der Waals surface area contributed by atoms with Crippen LogP contribution in [-0.2, 0) is 20.8 Å². The number of carboxylic acids is 2. The maximum atomic E-state index is 13.0. The van der Waals surface area contributed by atoms with Gasteiger partial charge in [-0.25, -0.2) is 4.79 Å². The third-order valence-electron chi connectivity index (χ3n) is 6.06. The molecule has 0 aromatic heterocycles. The zero-order valence-corrected chi connectivity index (χ0v) is 16.1. The molecule has 1 aliphatic carbocycles. The van der Waals surface area contributed by atoms with Crippen LogP contribution in [0.15, 0.2) is 30.3 Å². The molecule has 152 valence electrons. The average Bonchev–Trinajstić information content (AvgIpc) is 3.26. The molecule has 1 aromatic rings. The molecule has 2 aliphatic rings. The molecule has 3 unspecified atom stereocenters. The third-order valence-corrected chi connectivity index (χ3v) is 6.06. The van der Waals surface area contributed by atoms with Crippen molar-refractivity contribution in [3.05, 3.63) is 35.9 Å². The Hall–Kier alpha value is -2.41. The van der Waals surface area contributed by atoms with E-state index in [2.05, 4.69) is 5.32 Å². The zero-order valence-electron chi connectivity index (χ0n) is 16.1. The highest BCUT2D eigenvalue weighted by atomic mass is 16.4. The van der Waals surface area contributed by atoms with Crippen molar-refractivity contribution in [1.29, 1.82) is 0 Å². The van der Waals surface area contributed by atoms with Crippen LogP contribution in [0.25, 0.3) is 0 Å². The summed E-state index contributed by atoms with van der Waals surface area (Å²) < 4.78 is 0. The molecule has 5 atom stereocenters. The second-order valence-electron chi connectivity index (χ2n) is 7.90. The number of carboxylic acid groups (broad SMARTS) is 2. The number of nitrogens with zero attached hydrogens (tertiary/aromatic N) is 1. The van der Waals surface area contributed by atoms with Crippen LogP contribution in [0.3, 0.4) is 0 Å². The summed E-state index contributed by atoms with van der Waals surface area (Å²) in [6.45, 7) is 1.63. The molecule has 0 spiro atoms. The second-order valence-corrected chi connectivity index (χ2v) is 7.90. The van der Waals surface area contributed by atoms with Gasteiger partial charge < -0.3 is 15.1 Å². The van der Waals surface area contributed by atoms with E-state index in [0.29, 0.717) is 19.3 Å². The number of hydrogen-bond donors (Lipinski definition) is 3. The summed E-state index contributed by atoms with van der Waals surface area (Å²) in [5.41, 5.74) is 1.04. The fraction of sp³-hybridized carbons (Fsp3) is 0.571. The molecule has 1 aromatic carbocycles. The van der Waals surface area contributed by atoms with Gasteiger partial charge >= 0.3 is 11.9 Å². The van der Waals surface area contributed by atoms with Gasteiger partial charge in [0.2, 0.25) is 5.91 Å². The molecule has 7 nitrogen and oxygen atoms in total. The quantitative estimate of drug-likeness (QED) is 0.628. The number of carbonyl (C=O) groups is 3. The lowest BCUT2D eigenvalue weighted by atomic mass is 10.0. The third kappa shape index (κ3) is 4.35. The molecule has 1 aliphatic heterocycles.